The molecule has 1 rings (SSSR count). The topological polar surface area (TPSA) is 47.6 Å². The van der Waals surface area contributed by atoms with Gasteiger partial charge in [-0.2, -0.15) is 0 Å². The molecule has 0 saturated heterocycles. The zero-order valence-electron chi connectivity index (χ0n) is 12.1. The minimum absolute atomic E-state index is 0.186. The normalized spacial score (nSPS) is 12.3. The largest absolute Gasteiger partial charge is 0.492 e. The number of ether oxygens (including phenoxy) is 2. The highest BCUT2D eigenvalue weighted by Gasteiger charge is 2.21. The summed E-state index contributed by atoms with van der Waals surface area (Å²) in [6.45, 7) is 7.10. The minimum atomic E-state index is -0.287. The van der Waals surface area contributed by atoms with E-state index >= 15 is 0 Å². The summed E-state index contributed by atoms with van der Waals surface area (Å²) in [5.41, 5.74) is 1.11. The molecule has 1 atom stereocenters. The summed E-state index contributed by atoms with van der Waals surface area (Å²) in [6, 6.07) is 7.59. The molecule has 4 heteroatoms. The summed E-state index contributed by atoms with van der Waals surface area (Å²) in [7, 11) is 1.41. The molecule has 0 heterocycles. The molecule has 19 heavy (non-hydrogen) atoms. The molecule has 0 aliphatic carbocycles. The van der Waals surface area contributed by atoms with E-state index in [-0.39, 0.29) is 17.9 Å². The molecule has 0 spiro atoms. The van der Waals surface area contributed by atoms with E-state index < -0.39 is 0 Å². The van der Waals surface area contributed by atoms with E-state index in [1.807, 2.05) is 45.0 Å². The van der Waals surface area contributed by atoms with Gasteiger partial charge in [0.2, 0.25) is 0 Å². The smallest absolute Gasteiger partial charge is 0.323 e. The van der Waals surface area contributed by atoms with Crippen LogP contribution in [0.15, 0.2) is 24.3 Å². The molecule has 1 unspecified atom stereocenters. The highest BCUT2D eigenvalue weighted by atomic mass is 16.5. The van der Waals surface area contributed by atoms with Crippen LogP contribution in [0.5, 0.6) is 5.75 Å². The van der Waals surface area contributed by atoms with E-state index in [9.17, 15) is 4.79 Å². The summed E-state index contributed by atoms with van der Waals surface area (Å²) in [6.07, 6.45) is 0. The predicted octanol–water partition coefficient (Wildman–Crippen LogP) is 2.16. The van der Waals surface area contributed by atoms with E-state index in [0.717, 1.165) is 11.3 Å². The Morgan fingerprint density at radius 3 is 2.58 bits per heavy atom. The second kappa shape index (κ2) is 7.79. The Balaban J connectivity index is 2.37. The second-order valence-corrected chi connectivity index (χ2v) is 4.81. The summed E-state index contributed by atoms with van der Waals surface area (Å²) in [4.78, 5) is 11.5. The van der Waals surface area contributed by atoms with Crippen LogP contribution >= 0.6 is 0 Å². The first-order valence-corrected chi connectivity index (χ1v) is 6.56. The third-order valence-electron chi connectivity index (χ3n) is 2.94. The van der Waals surface area contributed by atoms with Crippen LogP contribution in [0.4, 0.5) is 0 Å². The lowest BCUT2D eigenvalue weighted by Gasteiger charge is -2.20. The molecule has 4 nitrogen and oxygen atoms in total. The van der Waals surface area contributed by atoms with Crippen molar-refractivity contribution in [3.05, 3.63) is 29.8 Å². The van der Waals surface area contributed by atoms with Gasteiger partial charge in [0.15, 0.2) is 0 Å². The molecule has 0 radical (unpaired) electrons. The van der Waals surface area contributed by atoms with E-state index in [4.69, 9.17) is 9.47 Å². The number of nitrogens with one attached hydrogen (secondary N) is 1. The molecule has 1 N–H and O–H groups in total. The number of carbonyl (C=O) groups is 1. The van der Waals surface area contributed by atoms with Gasteiger partial charge in [0.05, 0.1) is 7.11 Å². The van der Waals surface area contributed by atoms with E-state index in [0.29, 0.717) is 13.2 Å². The van der Waals surface area contributed by atoms with Crippen molar-refractivity contribution in [2.45, 2.75) is 26.8 Å². The quantitative estimate of drug-likeness (QED) is 0.606. The molecule has 1 aromatic rings. The maximum Gasteiger partial charge on any atom is 0.323 e. The fourth-order valence-electron chi connectivity index (χ4n) is 1.81. The monoisotopic (exact) mass is 265 g/mol. The standard InChI is InChI=1S/C15H23NO3/c1-11(2)14(15(17)18-4)16-9-10-19-13-8-6-5-7-12(13)3/h5-8,11,14,16H,9-10H2,1-4H3. The van der Waals surface area contributed by atoms with Gasteiger partial charge >= 0.3 is 5.97 Å². The van der Waals surface area contributed by atoms with Crippen molar-refractivity contribution in [2.75, 3.05) is 20.3 Å². The number of rotatable bonds is 7. The maximum atomic E-state index is 11.5. The fraction of sp³-hybridized carbons (Fsp3) is 0.533. The molecule has 1 aromatic carbocycles. The van der Waals surface area contributed by atoms with Crippen molar-refractivity contribution >= 4 is 5.97 Å². The third kappa shape index (κ3) is 4.91. The van der Waals surface area contributed by atoms with Crippen LogP contribution in [0.1, 0.15) is 19.4 Å². The maximum absolute atomic E-state index is 11.5. The lowest BCUT2D eigenvalue weighted by atomic mass is 10.1. The van der Waals surface area contributed by atoms with Crippen molar-refractivity contribution in [3.63, 3.8) is 0 Å². The van der Waals surface area contributed by atoms with Crippen LogP contribution in [0.25, 0.3) is 0 Å². The van der Waals surface area contributed by atoms with Crippen molar-refractivity contribution in [2.24, 2.45) is 5.92 Å². The third-order valence-corrected chi connectivity index (χ3v) is 2.94. The van der Waals surface area contributed by atoms with Gasteiger partial charge in [-0.25, -0.2) is 0 Å². The predicted molar refractivity (Wildman–Crippen MR) is 75.3 cm³/mol. The van der Waals surface area contributed by atoms with Crippen LogP contribution in [0.3, 0.4) is 0 Å². The Bertz CT molecular complexity index is 404. The van der Waals surface area contributed by atoms with E-state index in [1.165, 1.54) is 7.11 Å². The number of carbonyl (C=O) groups excluding carboxylic acids is 1. The Morgan fingerprint density at radius 2 is 2.00 bits per heavy atom. The molecule has 0 aliphatic rings. The lowest BCUT2D eigenvalue weighted by molar-refractivity contribution is -0.144. The summed E-state index contributed by atoms with van der Waals surface area (Å²) in [5.74, 6) is 0.834. The Hall–Kier alpha value is -1.55. The van der Waals surface area contributed by atoms with Gasteiger partial charge in [-0.05, 0) is 24.5 Å². The first-order chi connectivity index (χ1) is 9.06. The van der Waals surface area contributed by atoms with E-state index in [1.54, 1.807) is 0 Å². The first kappa shape index (κ1) is 15.5. The molecule has 0 aromatic heterocycles. The molecule has 106 valence electrons. The number of hydrogen-bond acceptors (Lipinski definition) is 4. The number of esters is 1. The zero-order valence-corrected chi connectivity index (χ0v) is 12.1. The number of benzene rings is 1. The van der Waals surface area contributed by atoms with Crippen molar-refractivity contribution < 1.29 is 14.3 Å². The van der Waals surface area contributed by atoms with Crippen LogP contribution < -0.4 is 10.1 Å². The lowest BCUT2D eigenvalue weighted by Crippen LogP contribution is -2.43. The van der Waals surface area contributed by atoms with Crippen LogP contribution in [-0.2, 0) is 9.53 Å². The molecular weight excluding hydrogens is 242 g/mol. The molecule has 0 bridgehead atoms. The summed E-state index contributed by atoms with van der Waals surface area (Å²) < 4.78 is 10.4. The number of methoxy groups -OCH3 is 1. The number of hydrogen-bond donors (Lipinski definition) is 1. The van der Waals surface area contributed by atoms with Gasteiger partial charge in [0.1, 0.15) is 18.4 Å². The SMILES string of the molecule is COC(=O)C(NCCOc1ccccc1C)C(C)C. The first-order valence-electron chi connectivity index (χ1n) is 6.56. The average Bonchev–Trinajstić information content (AvgIpc) is 2.39. The van der Waals surface area contributed by atoms with Gasteiger partial charge < -0.3 is 14.8 Å². The van der Waals surface area contributed by atoms with Gasteiger partial charge in [-0.15, -0.1) is 0 Å². The summed E-state index contributed by atoms with van der Waals surface area (Å²) in [5, 5.41) is 3.16. The van der Waals surface area contributed by atoms with Gasteiger partial charge in [-0.1, -0.05) is 32.0 Å². The minimum Gasteiger partial charge on any atom is -0.492 e. The van der Waals surface area contributed by atoms with E-state index in [2.05, 4.69) is 5.32 Å². The van der Waals surface area contributed by atoms with Crippen molar-refractivity contribution in [3.8, 4) is 5.75 Å². The molecule has 0 saturated carbocycles. The van der Waals surface area contributed by atoms with Gasteiger partial charge in [0.25, 0.3) is 0 Å². The highest BCUT2D eigenvalue weighted by Crippen LogP contribution is 2.15. The van der Waals surface area contributed by atoms with Gasteiger partial charge in [0, 0.05) is 6.54 Å². The van der Waals surface area contributed by atoms with Gasteiger partial charge in [-0.3, -0.25) is 4.79 Å². The second-order valence-electron chi connectivity index (χ2n) is 4.81. The number of aryl methyl sites for hydroxylation is 1. The fourth-order valence-corrected chi connectivity index (χ4v) is 1.81. The highest BCUT2D eigenvalue weighted by molar-refractivity contribution is 5.75. The van der Waals surface area contributed by atoms with Crippen LogP contribution in [0.2, 0.25) is 0 Å². The zero-order chi connectivity index (χ0) is 14.3. The molecule has 0 fully saturated rings. The average molecular weight is 265 g/mol. The Kier molecular flexibility index (Phi) is 6.36. The summed E-state index contributed by atoms with van der Waals surface area (Å²) >= 11 is 0. The Labute approximate surface area is 115 Å². The molecule has 0 aliphatic heterocycles. The van der Waals surface area contributed by atoms with Crippen LogP contribution in [-0.4, -0.2) is 32.3 Å². The van der Waals surface area contributed by atoms with Crippen molar-refractivity contribution in [1.82, 2.24) is 5.32 Å². The molecular formula is C15H23NO3. The number of para-hydroxylation sites is 1. The molecule has 0 amide bonds. The van der Waals surface area contributed by atoms with Crippen molar-refractivity contribution in [1.29, 1.82) is 0 Å². The Morgan fingerprint density at radius 1 is 1.32 bits per heavy atom. The van der Waals surface area contributed by atoms with Crippen LogP contribution in [0, 0.1) is 12.8 Å².